The van der Waals surface area contributed by atoms with Crippen molar-refractivity contribution in [3.8, 4) is 0 Å². The van der Waals surface area contributed by atoms with Gasteiger partial charge in [0, 0.05) is 24.2 Å². The van der Waals surface area contributed by atoms with Crippen LogP contribution in [0.2, 0.25) is 0 Å². The van der Waals surface area contributed by atoms with Crippen molar-refractivity contribution < 1.29 is 19.1 Å². The molecule has 1 aromatic carbocycles. The second-order valence-corrected chi connectivity index (χ2v) is 6.50. The van der Waals surface area contributed by atoms with Crippen molar-refractivity contribution in [1.82, 2.24) is 10.2 Å². The lowest BCUT2D eigenvalue weighted by Crippen LogP contribution is -2.41. The summed E-state index contributed by atoms with van der Waals surface area (Å²) in [6.07, 6.45) is 0.391. The number of benzene rings is 1. The molecule has 2 aliphatic heterocycles. The molecule has 3 rings (SSSR count). The maximum Gasteiger partial charge on any atom is 0.256 e. The predicted octanol–water partition coefficient (Wildman–Crippen LogP) is 0.747. The van der Waals surface area contributed by atoms with Crippen molar-refractivity contribution in [3.05, 3.63) is 28.2 Å². The largest absolute Gasteiger partial charge is 0.375 e. The molecule has 0 saturated carbocycles. The van der Waals surface area contributed by atoms with E-state index in [1.54, 1.807) is 18.2 Å². The number of carbonyl (C=O) groups excluding carboxylic acids is 3. The molecule has 0 spiro atoms. The van der Waals surface area contributed by atoms with Gasteiger partial charge in [0.1, 0.15) is 12.6 Å². The zero-order valence-electron chi connectivity index (χ0n) is 12.5. The number of carbonyl (C=O) groups is 3. The van der Waals surface area contributed by atoms with E-state index in [0.717, 1.165) is 4.47 Å². The highest BCUT2D eigenvalue weighted by atomic mass is 79.9. The molecule has 0 bridgehead atoms. The number of amides is 3. The molecule has 0 aromatic heterocycles. The monoisotopic (exact) mass is 381 g/mol. The van der Waals surface area contributed by atoms with Gasteiger partial charge < -0.3 is 20.3 Å². The van der Waals surface area contributed by atoms with E-state index in [-0.39, 0.29) is 30.4 Å². The summed E-state index contributed by atoms with van der Waals surface area (Å²) in [4.78, 5) is 38.3. The number of nitrogens with one attached hydrogen (secondary N) is 2. The van der Waals surface area contributed by atoms with Crippen LogP contribution in [0.15, 0.2) is 22.7 Å². The van der Waals surface area contributed by atoms with Crippen LogP contribution in [0.1, 0.15) is 16.8 Å². The van der Waals surface area contributed by atoms with Gasteiger partial charge in [0.2, 0.25) is 11.8 Å². The number of fused-ring (bicyclic) bond motifs is 2. The minimum Gasteiger partial charge on any atom is -0.375 e. The summed E-state index contributed by atoms with van der Waals surface area (Å²) in [5, 5.41) is 5.58. The van der Waals surface area contributed by atoms with E-state index in [0.29, 0.717) is 24.2 Å². The van der Waals surface area contributed by atoms with E-state index in [1.807, 2.05) is 0 Å². The standard InChI is InChI=1S/C15H16BrN3O4/c1-23-7-13(20)17-9-5-12-14(21)18-11-3-2-8(16)4-10(11)15(22)19(12)6-9/h2-4,9,12H,5-7H2,1H3,(H,17,20)(H,18,21)/t9-,12-/m1/s1. The van der Waals surface area contributed by atoms with E-state index in [2.05, 4.69) is 26.6 Å². The summed E-state index contributed by atoms with van der Waals surface area (Å²) in [5.41, 5.74) is 0.955. The van der Waals surface area contributed by atoms with E-state index in [9.17, 15) is 14.4 Å². The highest BCUT2D eigenvalue weighted by Crippen LogP contribution is 2.30. The molecule has 3 amide bonds. The van der Waals surface area contributed by atoms with E-state index in [4.69, 9.17) is 4.74 Å². The average Bonchev–Trinajstić information content (AvgIpc) is 2.88. The number of hydrogen-bond acceptors (Lipinski definition) is 4. The number of halogens is 1. The number of ether oxygens (including phenoxy) is 1. The zero-order valence-corrected chi connectivity index (χ0v) is 14.1. The first-order chi connectivity index (χ1) is 11.0. The van der Waals surface area contributed by atoms with E-state index < -0.39 is 6.04 Å². The van der Waals surface area contributed by atoms with Crippen LogP contribution >= 0.6 is 15.9 Å². The maximum atomic E-state index is 12.7. The Hall–Kier alpha value is -1.93. The first-order valence-electron chi connectivity index (χ1n) is 7.19. The summed E-state index contributed by atoms with van der Waals surface area (Å²) >= 11 is 3.34. The zero-order chi connectivity index (χ0) is 16.6. The third-order valence-electron chi connectivity index (χ3n) is 3.98. The van der Waals surface area contributed by atoms with Gasteiger partial charge in [-0.25, -0.2) is 0 Å². The molecule has 122 valence electrons. The second-order valence-electron chi connectivity index (χ2n) is 5.59. The van der Waals surface area contributed by atoms with Gasteiger partial charge in [-0.2, -0.15) is 0 Å². The van der Waals surface area contributed by atoms with Gasteiger partial charge in [-0.05, 0) is 24.6 Å². The Kier molecular flexibility index (Phi) is 4.36. The van der Waals surface area contributed by atoms with Gasteiger partial charge in [0.25, 0.3) is 5.91 Å². The van der Waals surface area contributed by atoms with Crippen LogP contribution in [0.4, 0.5) is 5.69 Å². The van der Waals surface area contributed by atoms with Crippen LogP contribution in [0, 0.1) is 0 Å². The smallest absolute Gasteiger partial charge is 0.256 e. The number of rotatable bonds is 3. The Bertz CT molecular complexity index is 679. The Labute approximate surface area is 141 Å². The average molecular weight is 382 g/mol. The Morgan fingerprint density at radius 3 is 3.00 bits per heavy atom. The molecule has 2 heterocycles. The first-order valence-corrected chi connectivity index (χ1v) is 7.98. The number of nitrogens with zero attached hydrogens (tertiary/aromatic N) is 1. The molecule has 2 atom stereocenters. The molecule has 0 radical (unpaired) electrons. The summed E-state index contributed by atoms with van der Waals surface area (Å²) in [5.74, 6) is -0.706. The van der Waals surface area contributed by atoms with Gasteiger partial charge in [0.05, 0.1) is 11.3 Å². The van der Waals surface area contributed by atoms with Gasteiger partial charge in [-0.1, -0.05) is 15.9 Å². The molecule has 2 aliphatic rings. The van der Waals surface area contributed by atoms with Gasteiger partial charge >= 0.3 is 0 Å². The molecule has 2 N–H and O–H groups in total. The lowest BCUT2D eigenvalue weighted by atomic mass is 10.1. The van der Waals surface area contributed by atoms with Crippen molar-refractivity contribution in [2.24, 2.45) is 0 Å². The quantitative estimate of drug-likeness (QED) is 0.808. The fraction of sp³-hybridized carbons (Fsp3) is 0.400. The van der Waals surface area contributed by atoms with Crippen molar-refractivity contribution in [1.29, 1.82) is 0 Å². The second kappa shape index (κ2) is 6.29. The molecule has 1 saturated heterocycles. The van der Waals surface area contributed by atoms with Gasteiger partial charge in [0.15, 0.2) is 0 Å². The van der Waals surface area contributed by atoms with Gasteiger partial charge in [-0.3, -0.25) is 14.4 Å². The first kappa shape index (κ1) is 15.9. The van der Waals surface area contributed by atoms with Crippen molar-refractivity contribution in [2.75, 3.05) is 25.6 Å². The van der Waals surface area contributed by atoms with Crippen LogP contribution in [-0.4, -0.2) is 55.0 Å². The molecule has 23 heavy (non-hydrogen) atoms. The summed E-state index contributed by atoms with van der Waals surface area (Å²) in [6.45, 7) is 0.259. The molecule has 8 heteroatoms. The Morgan fingerprint density at radius 2 is 2.26 bits per heavy atom. The lowest BCUT2D eigenvalue weighted by Gasteiger charge is -2.20. The lowest BCUT2D eigenvalue weighted by molar-refractivity contribution is -0.125. The molecule has 1 aromatic rings. The normalized spacial score (nSPS) is 23.0. The molecule has 7 nitrogen and oxygen atoms in total. The minimum atomic E-state index is -0.582. The van der Waals surface area contributed by atoms with Crippen LogP contribution in [0.3, 0.4) is 0 Å². The molecular weight excluding hydrogens is 366 g/mol. The highest BCUT2D eigenvalue weighted by Gasteiger charge is 2.43. The van der Waals surface area contributed by atoms with Crippen molar-refractivity contribution in [3.63, 3.8) is 0 Å². The minimum absolute atomic E-state index is 0.0446. The molecule has 0 unspecified atom stereocenters. The van der Waals surface area contributed by atoms with Crippen LogP contribution in [-0.2, 0) is 14.3 Å². The maximum absolute atomic E-state index is 12.7. The number of methoxy groups -OCH3 is 1. The van der Waals surface area contributed by atoms with Crippen molar-refractivity contribution >= 4 is 39.3 Å². The number of anilines is 1. The molecular formula is C15H16BrN3O4. The summed E-state index contributed by atoms with van der Waals surface area (Å²) < 4.78 is 5.54. The van der Waals surface area contributed by atoms with Gasteiger partial charge in [-0.15, -0.1) is 0 Å². The summed E-state index contributed by atoms with van der Waals surface area (Å²) in [6, 6.07) is 4.33. The fourth-order valence-electron chi connectivity index (χ4n) is 2.99. The Balaban J connectivity index is 1.83. The van der Waals surface area contributed by atoms with Crippen LogP contribution in [0.25, 0.3) is 0 Å². The fourth-order valence-corrected chi connectivity index (χ4v) is 3.35. The number of hydrogen-bond donors (Lipinski definition) is 2. The van der Waals surface area contributed by atoms with Crippen molar-refractivity contribution in [2.45, 2.75) is 18.5 Å². The third kappa shape index (κ3) is 3.09. The third-order valence-corrected chi connectivity index (χ3v) is 4.47. The SMILES string of the molecule is COCC(=O)N[C@@H]1C[C@@H]2C(=O)Nc3ccc(Br)cc3C(=O)N2C1. The highest BCUT2D eigenvalue weighted by molar-refractivity contribution is 9.10. The van der Waals surface area contributed by atoms with E-state index in [1.165, 1.54) is 12.0 Å². The molecule has 1 fully saturated rings. The molecule has 0 aliphatic carbocycles. The summed E-state index contributed by atoms with van der Waals surface area (Å²) in [7, 11) is 1.44. The Morgan fingerprint density at radius 1 is 1.48 bits per heavy atom. The topological polar surface area (TPSA) is 87.7 Å². The van der Waals surface area contributed by atoms with E-state index >= 15 is 0 Å². The van der Waals surface area contributed by atoms with Crippen LogP contribution in [0.5, 0.6) is 0 Å². The predicted molar refractivity (Wildman–Crippen MR) is 86.0 cm³/mol. The van der Waals surface area contributed by atoms with Crippen LogP contribution < -0.4 is 10.6 Å².